The lowest BCUT2D eigenvalue weighted by Gasteiger charge is -2.34. The smallest absolute Gasteiger partial charge is 0.243 e. The largest absolute Gasteiger partial charge is 0.340 e. The average Bonchev–Trinajstić information content (AvgIpc) is 2.53. The highest BCUT2D eigenvalue weighted by Crippen LogP contribution is 2.18. The lowest BCUT2D eigenvalue weighted by Crippen LogP contribution is -2.50. The second kappa shape index (κ2) is 7.42. The number of carbonyl (C=O) groups excluding carboxylic acids is 1. The molecule has 1 aliphatic rings. The van der Waals surface area contributed by atoms with Gasteiger partial charge in [-0.05, 0) is 33.2 Å². The molecule has 0 aromatic heterocycles. The molecule has 1 aromatic carbocycles. The summed E-state index contributed by atoms with van der Waals surface area (Å²) in [7, 11) is 0.393. The highest BCUT2D eigenvalue weighted by molar-refractivity contribution is 7.89. The van der Waals surface area contributed by atoms with Gasteiger partial charge < -0.3 is 9.80 Å². The Kier molecular flexibility index (Phi) is 5.78. The zero-order chi connectivity index (χ0) is 17.0. The summed E-state index contributed by atoms with van der Waals surface area (Å²) in [6.45, 7) is 4.25. The van der Waals surface area contributed by atoms with Crippen molar-refractivity contribution in [1.29, 1.82) is 0 Å². The molecule has 1 aliphatic heterocycles. The standard InChI is InChI=1S/C16H25N3O3S/c1-14-4-6-15(7-5-14)23(21,22)19-12-10-18(11-13-19)16(20)8-9-17(2)3/h4-7H,8-13H2,1-3H3. The van der Waals surface area contributed by atoms with Gasteiger partial charge in [-0.25, -0.2) is 8.42 Å². The van der Waals surface area contributed by atoms with Gasteiger partial charge in [-0.3, -0.25) is 4.79 Å². The number of aryl methyl sites for hydroxylation is 1. The van der Waals surface area contributed by atoms with E-state index in [1.165, 1.54) is 4.31 Å². The number of carbonyl (C=O) groups is 1. The summed E-state index contributed by atoms with van der Waals surface area (Å²) in [5, 5.41) is 0. The summed E-state index contributed by atoms with van der Waals surface area (Å²) in [5.41, 5.74) is 1.03. The van der Waals surface area contributed by atoms with Crippen LogP contribution in [0.25, 0.3) is 0 Å². The lowest BCUT2D eigenvalue weighted by molar-refractivity contribution is -0.132. The maximum atomic E-state index is 12.6. The van der Waals surface area contributed by atoms with Gasteiger partial charge in [0.1, 0.15) is 0 Å². The van der Waals surface area contributed by atoms with Gasteiger partial charge in [0, 0.05) is 39.1 Å². The molecule has 1 heterocycles. The third kappa shape index (κ3) is 4.53. The molecule has 0 aliphatic carbocycles. The number of rotatable bonds is 5. The van der Waals surface area contributed by atoms with Crippen molar-refractivity contribution in [2.45, 2.75) is 18.2 Å². The Hall–Kier alpha value is -1.44. The quantitative estimate of drug-likeness (QED) is 0.795. The molecule has 0 bridgehead atoms. The van der Waals surface area contributed by atoms with Gasteiger partial charge in [0.25, 0.3) is 0 Å². The molecule has 0 N–H and O–H groups in total. The first-order chi connectivity index (χ1) is 10.8. The van der Waals surface area contributed by atoms with Crippen LogP contribution >= 0.6 is 0 Å². The molecule has 128 valence electrons. The van der Waals surface area contributed by atoms with Gasteiger partial charge in [0.2, 0.25) is 15.9 Å². The van der Waals surface area contributed by atoms with Crippen molar-refractivity contribution in [3.8, 4) is 0 Å². The first-order valence-corrected chi connectivity index (χ1v) is 9.24. The van der Waals surface area contributed by atoms with E-state index in [0.717, 1.165) is 5.56 Å². The summed E-state index contributed by atoms with van der Waals surface area (Å²) in [6, 6.07) is 6.88. The van der Waals surface area contributed by atoms with E-state index in [1.54, 1.807) is 29.2 Å². The van der Waals surface area contributed by atoms with Gasteiger partial charge in [0.05, 0.1) is 4.90 Å². The summed E-state index contributed by atoms with van der Waals surface area (Å²) in [5.74, 6) is 0.0890. The number of hydrogen-bond donors (Lipinski definition) is 0. The van der Waals surface area contributed by atoms with Crippen molar-refractivity contribution in [1.82, 2.24) is 14.1 Å². The maximum Gasteiger partial charge on any atom is 0.243 e. The zero-order valence-electron chi connectivity index (χ0n) is 14.0. The van der Waals surface area contributed by atoms with Crippen LogP contribution < -0.4 is 0 Å². The van der Waals surface area contributed by atoms with E-state index in [1.807, 2.05) is 25.9 Å². The topological polar surface area (TPSA) is 60.9 Å². The fraction of sp³-hybridized carbons (Fsp3) is 0.562. The number of piperazine rings is 1. The number of hydrogen-bond acceptors (Lipinski definition) is 4. The van der Waals surface area contributed by atoms with Crippen LogP contribution in [0.2, 0.25) is 0 Å². The molecule has 0 radical (unpaired) electrons. The number of benzene rings is 1. The van der Waals surface area contributed by atoms with Crippen LogP contribution in [-0.4, -0.2) is 75.2 Å². The summed E-state index contributed by atoms with van der Waals surface area (Å²) in [4.78, 5) is 16.1. The zero-order valence-corrected chi connectivity index (χ0v) is 14.8. The third-order valence-corrected chi connectivity index (χ3v) is 5.94. The Labute approximate surface area is 138 Å². The monoisotopic (exact) mass is 339 g/mol. The van der Waals surface area contributed by atoms with Crippen molar-refractivity contribution in [3.63, 3.8) is 0 Å². The molecule has 0 unspecified atom stereocenters. The molecule has 1 fully saturated rings. The second-order valence-electron chi connectivity index (χ2n) is 6.15. The predicted octanol–water partition coefficient (Wildman–Crippen LogP) is 0.780. The molecule has 2 rings (SSSR count). The van der Waals surface area contributed by atoms with Gasteiger partial charge in [-0.1, -0.05) is 17.7 Å². The van der Waals surface area contributed by atoms with E-state index < -0.39 is 10.0 Å². The minimum atomic E-state index is -3.47. The first-order valence-electron chi connectivity index (χ1n) is 7.80. The van der Waals surface area contributed by atoms with E-state index in [4.69, 9.17) is 0 Å². The summed E-state index contributed by atoms with van der Waals surface area (Å²) in [6.07, 6.45) is 0.470. The molecule has 1 amide bonds. The van der Waals surface area contributed by atoms with Gasteiger partial charge >= 0.3 is 0 Å². The third-order valence-electron chi connectivity index (χ3n) is 4.02. The number of nitrogens with zero attached hydrogens (tertiary/aromatic N) is 3. The van der Waals surface area contributed by atoms with E-state index in [-0.39, 0.29) is 5.91 Å². The molecule has 0 spiro atoms. The second-order valence-corrected chi connectivity index (χ2v) is 8.09. The Morgan fingerprint density at radius 2 is 1.65 bits per heavy atom. The Morgan fingerprint density at radius 1 is 1.09 bits per heavy atom. The highest BCUT2D eigenvalue weighted by Gasteiger charge is 2.29. The number of amides is 1. The van der Waals surface area contributed by atoms with Crippen LogP contribution in [0.4, 0.5) is 0 Å². The molecule has 1 aromatic rings. The maximum absolute atomic E-state index is 12.6. The predicted molar refractivity (Wildman–Crippen MR) is 89.7 cm³/mol. The van der Waals surface area contributed by atoms with Crippen LogP contribution in [0.5, 0.6) is 0 Å². The number of sulfonamides is 1. The van der Waals surface area contributed by atoms with Crippen LogP contribution in [0.1, 0.15) is 12.0 Å². The Bertz CT molecular complexity index is 633. The molecule has 0 atom stereocenters. The van der Waals surface area contributed by atoms with Crippen molar-refractivity contribution in [3.05, 3.63) is 29.8 Å². The molecular weight excluding hydrogens is 314 g/mol. The van der Waals surface area contributed by atoms with Gasteiger partial charge in [0.15, 0.2) is 0 Å². The SMILES string of the molecule is Cc1ccc(S(=O)(=O)N2CCN(C(=O)CCN(C)C)CC2)cc1. The fourth-order valence-corrected chi connectivity index (χ4v) is 3.94. The van der Waals surface area contributed by atoms with E-state index in [9.17, 15) is 13.2 Å². The van der Waals surface area contributed by atoms with E-state index in [0.29, 0.717) is 44.0 Å². The average molecular weight is 339 g/mol. The fourth-order valence-electron chi connectivity index (χ4n) is 2.51. The Morgan fingerprint density at radius 3 is 2.17 bits per heavy atom. The van der Waals surface area contributed by atoms with Crippen molar-refractivity contribution >= 4 is 15.9 Å². The lowest BCUT2D eigenvalue weighted by atomic mass is 10.2. The van der Waals surface area contributed by atoms with Crippen LogP contribution in [0, 0.1) is 6.92 Å². The van der Waals surface area contributed by atoms with Crippen molar-refractivity contribution in [2.24, 2.45) is 0 Å². The van der Waals surface area contributed by atoms with Crippen LogP contribution in [0.3, 0.4) is 0 Å². The summed E-state index contributed by atoms with van der Waals surface area (Å²) < 4.78 is 26.7. The Balaban J connectivity index is 1.95. The van der Waals surface area contributed by atoms with E-state index >= 15 is 0 Å². The molecule has 1 saturated heterocycles. The first kappa shape index (κ1) is 17.9. The van der Waals surface area contributed by atoms with Crippen LogP contribution in [-0.2, 0) is 14.8 Å². The minimum Gasteiger partial charge on any atom is -0.340 e. The van der Waals surface area contributed by atoms with Crippen LogP contribution in [0.15, 0.2) is 29.2 Å². The van der Waals surface area contributed by atoms with Gasteiger partial charge in [-0.2, -0.15) is 4.31 Å². The van der Waals surface area contributed by atoms with E-state index in [2.05, 4.69) is 0 Å². The highest BCUT2D eigenvalue weighted by atomic mass is 32.2. The summed E-state index contributed by atoms with van der Waals surface area (Å²) >= 11 is 0. The normalized spacial score (nSPS) is 16.8. The van der Waals surface area contributed by atoms with Gasteiger partial charge in [-0.15, -0.1) is 0 Å². The molecule has 6 nitrogen and oxygen atoms in total. The van der Waals surface area contributed by atoms with Crippen molar-refractivity contribution in [2.75, 3.05) is 46.8 Å². The molecule has 7 heteroatoms. The minimum absolute atomic E-state index is 0.0890. The molecule has 23 heavy (non-hydrogen) atoms. The van der Waals surface area contributed by atoms with Crippen molar-refractivity contribution < 1.29 is 13.2 Å². The molecule has 0 saturated carbocycles. The molecular formula is C16H25N3O3S.